The number of hydrogen-bond acceptors (Lipinski definition) is 4. The molecule has 1 atom stereocenters. The summed E-state index contributed by atoms with van der Waals surface area (Å²) in [6, 6.07) is 19.6. The molecule has 0 unspecified atom stereocenters. The van der Waals surface area contributed by atoms with Gasteiger partial charge >= 0.3 is 6.03 Å². The van der Waals surface area contributed by atoms with Gasteiger partial charge in [0.2, 0.25) is 0 Å². The van der Waals surface area contributed by atoms with Gasteiger partial charge in [0.25, 0.3) is 11.8 Å². The van der Waals surface area contributed by atoms with Crippen molar-refractivity contribution in [2.45, 2.75) is 25.8 Å². The van der Waals surface area contributed by atoms with Crippen LogP contribution in [0.2, 0.25) is 0 Å². The van der Waals surface area contributed by atoms with E-state index in [1.807, 2.05) is 60.7 Å². The highest BCUT2D eigenvalue weighted by Gasteiger charge is 2.47. The minimum absolute atomic E-state index is 0.200. The number of rotatable bonds is 5. The van der Waals surface area contributed by atoms with E-state index in [1.54, 1.807) is 19.9 Å². The Balaban J connectivity index is 1.71. The topological polar surface area (TPSA) is 96.3 Å². The second kappa shape index (κ2) is 7.47. The van der Waals surface area contributed by atoms with Gasteiger partial charge < -0.3 is 5.32 Å². The number of carbonyl (C=O) groups is 3. The van der Waals surface area contributed by atoms with Gasteiger partial charge in [-0.3, -0.25) is 15.0 Å². The first-order chi connectivity index (χ1) is 14.4. The van der Waals surface area contributed by atoms with Crippen LogP contribution in [0.5, 0.6) is 0 Å². The van der Waals surface area contributed by atoms with Gasteiger partial charge in [-0.15, -0.1) is 0 Å². The average molecular weight is 403 g/mol. The van der Waals surface area contributed by atoms with Crippen LogP contribution in [0.1, 0.15) is 30.8 Å². The van der Waals surface area contributed by atoms with Gasteiger partial charge in [0.05, 0.1) is 11.4 Å². The van der Waals surface area contributed by atoms with E-state index in [-0.39, 0.29) is 5.69 Å². The van der Waals surface area contributed by atoms with Gasteiger partial charge in [-0.05, 0) is 31.5 Å². The van der Waals surface area contributed by atoms with Gasteiger partial charge in [-0.1, -0.05) is 55.5 Å². The quantitative estimate of drug-likeness (QED) is 0.640. The van der Waals surface area contributed by atoms with Crippen LogP contribution in [-0.4, -0.2) is 38.2 Å². The Morgan fingerprint density at radius 1 is 1.07 bits per heavy atom. The molecule has 0 bridgehead atoms. The molecule has 2 N–H and O–H groups in total. The van der Waals surface area contributed by atoms with Gasteiger partial charge in [0.15, 0.2) is 0 Å². The highest BCUT2D eigenvalue weighted by atomic mass is 16.2. The predicted molar refractivity (Wildman–Crippen MR) is 111 cm³/mol. The first-order valence-electron chi connectivity index (χ1n) is 9.61. The van der Waals surface area contributed by atoms with Gasteiger partial charge in [0, 0.05) is 5.56 Å². The summed E-state index contributed by atoms with van der Waals surface area (Å²) in [6.07, 6.45) is 0.407. The van der Waals surface area contributed by atoms with Crippen molar-refractivity contribution in [1.29, 1.82) is 0 Å². The fourth-order valence-electron chi connectivity index (χ4n) is 3.24. The van der Waals surface area contributed by atoms with Crippen molar-refractivity contribution in [3.05, 3.63) is 72.4 Å². The summed E-state index contributed by atoms with van der Waals surface area (Å²) in [5.41, 5.74) is 3.71. The summed E-state index contributed by atoms with van der Waals surface area (Å²) in [5.74, 6) is -1.12. The van der Waals surface area contributed by atoms with Crippen LogP contribution in [0, 0.1) is 0 Å². The molecule has 1 aromatic heterocycles. The van der Waals surface area contributed by atoms with Crippen LogP contribution in [0.25, 0.3) is 16.9 Å². The largest absolute Gasteiger partial charge is 0.344 e. The number of aromatic nitrogens is 2. The molecule has 0 aliphatic carbocycles. The minimum Gasteiger partial charge on any atom is -0.322 e. The summed E-state index contributed by atoms with van der Waals surface area (Å²) in [4.78, 5) is 38.0. The van der Waals surface area contributed by atoms with Crippen LogP contribution in [0.4, 0.5) is 4.79 Å². The SMILES string of the molecule is CC[C@]1(C)NC(=O)N(NC(=O)c2cc(-c3ccccc3)nn2-c2ccccc2)C1=O. The predicted octanol–water partition coefficient (Wildman–Crippen LogP) is 2.90. The van der Waals surface area contributed by atoms with Crippen LogP contribution < -0.4 is 10.7 Å². The Bertz CT molecular complexity index is 1110. The molecule has 2 aromatic carbocycles. The van der Waals surface area contributed by atoms with Crippen molar-refractivity contribution >= 4 is 17.8 Å². The lowest BCUT2D eigenvalue weighted by Crippen LogP contribution is -2.48. The fraction of sp³-hybridized carbons (Fsp3) is 0.182. The minimum atomic E-state index is -1.04. The number of para-hydroxylation sites is 1. The maximum absolute atomic E-state index is 13.1. The molecular formula is C22H21N5O3. The molecule has 4 amide bonds. The molecule has 0 spiro atoms. The highest BCUT2D eigenvalue weighted by molar-refractivity contribution is 6.09. The highest BCUT2D eigenvalue weighted by Crippen LogP contribution is 2.23. The zero-order valence-corrected chi connectivity index (χ0v) is 16.6. The van der Waals surface area contributed by atoms with Crippen molar-refractivity contribution in [2.75, 3.05) is 0 Å². The van der Waals surface area contributed by atoms with Crippen LogP contribution in [-0.2, 0) is 4.79 Å². The first-order valence-corrected chi connectivity index (χ1v) is 9.61. The number of hydrazine groups is 1. The van der Waals surface area contributed by atoms with Crippen LogP contribution >= 0.6 is 0 Å². The third kappa shape index (κ3) is 3.32. The van der Waals surface area contributed by atoms with Crippen molar-refractivity contribution < 1.29 is 14.4 Å². The number of amides is 4. The van der Waals surface area contributed by atoms with Crippen molar-refractivity contribution in [3.63, 3.8) is 0 Å². The molecule has 1 saturated heterocycles. The summed E-state index contributed by atoms with van der Waals surface area (Å²) in [6.45, 7) is 3.42. The van der Waals surface area contributed by atoms with E-state index in [1.165, 1.54) is 4.68 Å². The molecule has 0 radical (unpaired) electrons. The number of imide groups is 1. The lowest BCUT2D eigenvalue weighted by Gasteiger charge is -2.19. The first kappa shape index (κ1) is 19.4. The maximum atomic E-state index is 13.1. The Hall–Kier alpha value is -3.94. The van der Waals surface area contributed by atoms with Crippen molar-refractivity contribution in [3.8, 4) is 16.9 Å². The lowest BCUT2D eigenvalue weighted by molar-refractivity contribution is -0.132. The number of benzene rings is 2. The molecule has 2 heterocycles. The van der Waals surface area contributed by atoms with E-state index in [2.05, 4.69) is 15.8 Å². The van der Waals surface area contributed by atoms with E-state index in [4.69, 9.17) is 0 Å². The van der Waals surface area contributed by atoms with Gasteiger partial charge in [0.1, 0.15) is 11.2 Å². The van der Waals surface area contributed by atoms with E-state index < -0.39 is 23.4 Å². The third-order valence-corrected chi connectivity index (χ3v) is 5.19. The molecule has 8 heteroatoms. The number of nitrogens with zero attached hydrogens (tertiary/aromatic N) is 3. The summed E-state index contributed by atoms with van der Waals surface area (Å²) < 4.78 is 1.50. The monoisotopic (exact) mass is 403 g/mol. The zero-order valence-electron chi connectivity index (χ0n) is 16.6. The molecule has 152 valence electrons. The molecular weight excluding hydrogens is 382 g/mol. The van der Waals surface area contributed by atoms with E-state index in [0.717, 1.165) is 10.6 Å². The van der Waals surface area contributed by atoms with E-state index in [0.29, 0.717) is 17.8 Å². The number of urea groups is 1. The lowest BCUT2D eigenvalue weighted by atomic mass is 10.00. The van der Waals surface area contributed by atoms with Gasteiger partial charge in [-0.25, -0.2) is 9.48 Å². The second-order valence-corrected chi connectivity index (χ2v) is 7.23. The molecule has 30 heavy (non-hydrogen) atoms. The number of hydrogen-bond donors (Lipinski definition) is 2. The Morgan fingerprint density at radius 3 is 2.30 bits per heavy atom. The average Bonchev–Trinajstić information content (AvgIpc) is 3.31. The van der Waals surface area contributed by atoms with Crippen LogP contribution in [0.15, 0.2) is 66.7 Å². The van der Waals surface area contributed by atoms with E-state index in [9.17, 15) is 14.4 Å². The molecule has 0 saturated carbocycles. The molecule has 1 fully saturated rings. The molecule has 1 aliphatic rings. The number of carbonyl (C=O) groups excluding carboxylic acids is 3. The smallest absolute Gasteiger partial charge is 0.322 e. The normalized spacial score (nSPS) is 18.4. The summed E-state index contributed by atoms with van der Waals surface area (Å²) in [5, 5.41) is 7.93. The standard InChI is InChI=1S/C22H21N5O3/c1-3-22(2)20(29)27(21(30)23-22)25-19(28)18-14-17(15-10-6-4-7-11-15)24-26(18)16-12-8-5-9-13-16/h4-14H,3H2,1-2H3,(H,23,30)(H,25,28)/t22-/m0/s1. The van der Waals surface area contributed by atoms with Crippen LogP contribution in [0.3, 0.4) is 0 Å². The Morgan fingerprint density at radius 2 is 1.70 bits per heavy atom. The number of nitrogens with one attached hydrogen (secondary N) is 2. The second-order valence-electron chi connectivity index (χ2n) is 7.23. The summed E-state index contributed by atoms with van der Waals surface area (Å²) in [7, 11) is 0. The molecule has 4 rings (SSSR count). The fourth-order valence-corrected chi connectivity index (χ4v) is 3.24. The molecule has 3 aromatic rings. The maximum Gasteiger partial charge on any atom is 0.344 e. The zero-order chi connectivity index (χ0) is 21.3. The van der Waals surface area contributed by atoms with Crippen molar-refractivity contribution in [1.82, 2.24) is 25.5 Å². The molecule has 1 aliphatic heterocycles. The summed E-state index contributed by atoms with van der Waals surface area (Å²) >= 11 is 0. The third-order valence-electron chi connectivity index (χ3n) is 5.19. The van der Waals surface area contributed by atoms with Crippen molar-refractivity contribution in [2.24, 2.45) is 0 Å². The molecule has 8 nitrogen and oxygen atoms in total. The Kier molecular flexibility index (Phi) is 4.83. The van der Waals surface area contributed by atoms with Gasteiger partial charge in [-0.2, -0.15) is 10.1 Å². The Labute approximate surface area is 173 Å². The van der Waals surface area contributed by atoms with E-state index >= 15 is 0 Å².